The van der Waals surface area contributed by atoms with Gasteiger partial charge in [-0.05, 0) is 36.5 Å². The predicted molar refractivity (Wildman–Crippen MR) is 65.8 cm³/mol. The van der Waals surface area contributed by atoms with Crippen LogP contribution in [0, 0.1) is 0 Å². The molecule has 88 valence electrons. The van der Waals surface area contributed by atoms with E-state index in [-0.39, 0.29) is 12.6 Å². The largest absolute Gasteiger partial charge is 0.394 e. The molecule has 0 radical (unpaired) electrons. The smallest absolute Gasteiger partial charge is 0.129 e. The van der Waals surface area contributed by atoms with E-state index in [0.29, 0.717) is 5.92 Å². The van der Waals surface area contributed by atoms with Crippen LogP contribution >= 0.6 is 0 Å². The maximum Gasteiger partial charge on any atom is 0.129 e. The second kappa shape index (κ2) is 4.83. The minimum absolute atomic E-state index is 0.230. The van der Waals surface area contributed by atoms with Crippen LogP contribution in [0.3, 0.4) is 0 Å². The first-order valence-corrected chi connectivity index (χ1v) is 6.06. The fraction of sp³-hybridized carbons (Fsp3) is 0.615. The van der Waals surface area contributed by atoms with Gasteiger partial charge in [0, 0.05) is 12.7 Å². The summed E-state index contributed by atoms with van der Waals surface area (Å²) in [5, 5.41) is 9.31. The molecule has 3 nitrogen and oxygen atoms in total. The van der Waals surface area contributed by atoms with Gasteiger partial charge < -0.3 is 10.0 Å². The van der Waals surface area contributed by atoms with Gasteiger partial charge in [0.1, 0.15) is 5.82 Å². The first kappa shape index (κ1) is 11.4. The van der Waals surface area contributed by atoms with Crippen LogP contribution in [-0.4, -0.2) is 29.3 Å². The maximum atomic E-state index is 9.31. The SMILES string of the molecule is CC(C)c1ccnc(N2CCCC2CO)c1. The number of aromatic nitrogens is 1. The van der Waals surface area contributed by atoms with E-state index in [1.807, 2.05) is 6.20 Å². The molecule has 0 aliphatic carbocycles. The van der Waals surface area contributed by atoms with Gasteiger partial charge in [-0.1, -0.05) is 13.8 Å². The second-order valence-electron chi connectivity index (χ2n) is 4.77. The van der Waals surface area contributed by atoms with Crippen LogP contribution < -0.4 is 4.90 Å². The summed E-state index contributed by atoms with van der Waals surface area (Å²) in [6, 6.07) is 4.48. The zero-order valence-electron chi connectivity index (χ0n) is 10.1. The van der Waals surface area contributed by atoms with E-state index in [9.17, 15) is 5.11 Å². The standard InChI is InChI=1S/C13H20N2O/c1-10(2)11-5-6-14-13(8-11)15-7-3-4-12(15)9-16/h5-6,8,10,12,16H,3-4,7,9H2,1-2H3. The molecule has 1 aromatic heterocycles. The number of hydrogen-bond donors (Lipinski definition) is 1. The van der Waals surface area contributed by atoms with Crippen molar-refractivity contribution in [1.82, 2.24) is 4.98 Å². The molecule has 1 aromatic rings. The minimum atomic E-state index is 0.230. The molecule has 0 saturated carbocycles. The van der Waals surface area contributed by atoms with Crippen molar-refractivity contribution in [3.63, 3.8) is 0 Å². The van der Waals surface area contributed by atoms with Gasteiger partial charge in [0.2, 0.25) is 0 Å². The van der Waals surface area contributed by atoms with Crippen molar-refractivity contribution < 1.29 is 5.11 Å². The highest BCUT2D eigenvalue weighted by Crippen LogP contribution is 2.25. The molecule has 3 heteroatoms. The van der Waals surface area contributed by atoms with Crippen LogP contribution in [0.25, 0.3) is 0 Å². The molecule has 0 amide bonds. The van der Waals surface area contributed by atoms with Crippen LogP contribution in [0.15, 0.2) is 18.3 Å². The summed E-state index contributed by atoms with van der Waals surface area (Å²) in [6.07, 6.45) is 4.10. The molecule has 1 saturated heterocycles. The van der Waals surface area contributed by atoms with Crippen LogP contribution in [0.4, 0.5) is 5.82 Å². The highest BCUT2D eigenvalue weighted by atomic mass is 16.3. The van der Waals surface area contributed by atoms with E-state index in [0.717, 1.165) is 25.2 Å². The van der Waals surface area contributed by atoms with Gasteiger partial charge in [-0.15, -0.1) is 0 Å². The summed E-state index contributed by atoms with van der Waals surface area (Å²) >= 11 is 0. The Morgan fingerprint density at radius 1 is 1.56 bits per heavy atom. The molecule has 0 spiro atoms. The van der Waals surface area contributed by atoms with Crippen molar-refractivity contribution >= 4 is 5.82 Å². The number of aliphatic hydroxyl groups excluding tert-OH is 1. The van der Waals surface area contributed by atoms with E-state index in [1.165, 1.54) is 5.56 Å². The number of rotatable bonds is 3. The Morgan fingerprint density at radius 2 is 2.38 bits per heavy atom. The maximum absolute atomic E-state index is 9.31. The van der Waals surface area contributed by atoms with Crippen LogP contribution in [0.1, 0.15) is 38.2 Å². The van der Waals surface area contributed by atoms with Crippen molar-refractivity contribution in [2.24, 2.45) is 0 Å². The van der Waals surface area contributed by atoms with E-state index in [1.54, 1.807) is 0 Å². The lowest BCUT2D eigenvalue weighted by atomic mass is 10.0. The highest BCUT2D eigenvalue weighted by Gasteiger charge is 2.24. The molecule has 1 fully saturated rings. The van der Waals surface area contributed by atoms with Crippen LogP contribution in [0.5, 0.6) is 0 Å². The highest BCUT2D eigenvalue weighted by molar-refractivity contribution is 5.44. The summed E-state index contributed by atoms with van der Waals surface area (Å²) in [5.41, 5.74) is 1.31. The zero-order valence-corrected chi connectivity index (χ0v) is 10.1. The van der Waals surface area contributed by atoms with E-state index >= 15 is 0 Å². The van der Waals surface area contributed by atoms with Gasteiger partial charge in [0.15, 0.2) is 0 Å². The molecule has 1 atom stereocenters. The summed E-state index contributed by atoms with van der Waals surface area (Å²) in [5.74, 6) is 1.54. The van der Waals surface area contributed by atoms with Gasteiger partial charge in [0.25, 0.3) is 0 Å². The molecule has 1 aliphatic rings. The Kier molecular flexibility index (Phi) is 3.44. The summed E-state index contributed by atoms with van der Waals surface area (Å²) in [7, 11) is 0. The first-order valence-electron chi connectivity index (χ1n) is 6.06. The average molecular weight is 220 g/mol. The number of pyridine rings is 1. The van der Waals surface area contributed by atoms with Crippen molar-refractivity contribution in [2.75, 3.05) is 18.1 Å². The van der Waals surface area contributed by atoms with Gasteiger partial charge in [0.05, 0.1) is 12.6 Å². The predicted octanol–water partition coefficient (Wildman–Crippen LogP) is 2.17. The summed E-state index contributed by atoms with van der Waals surface area (Å²) < 4.78 is 0. The molecule has 1 aliphatic heterocycles. The molecule has 1 unspecified atom stereocenters. The quantitative estimate of drug-likeness (QED) is 0.848. The van der Waals surface area contributed by atoms with Crippen molar-refractivity contribution in [3.8, 4) is 0 Å². The molecule has 1 N–H and O–H groups in total. The van der Waals surface area contributed by atoms with E-state index in [4.69, 9.17) is 0 Å². The molecular formula is C13H20N2O. The third kappa shape index (κ3) is 2.19. The normalized spacial score (nSPS) is 20.8. The Balaban J connectivity index is 2.22. The monoisotopic (exact) mass is 220 g/mol. The number of anilines is 1. The van der Waals surface area contributed by atoms with Gasteiger partial charge in [-0.3, -0.25) is 0 Å². The van der Waals surface area contributed by atoms with E-state index < -0.39 is 0 Å². The van der Waals surface area contributed by atoms with Crippen LogP contribution in [-0.2, 0) is 0 Å². The number of nitrogens with zero attached hydrogens (tertiary/aromatic N) is 2. The zero-order chi connectivity index (χ0) is 11.5. The summed E-state index contributed by atoms with van der Waals surface area (Å²) in [6.45, 7) is 5.62. The third-order valence-corrected chi connectivity index (χ3v) is 3.32. The second-order valence-corrected chi connectivity index (χ2v) is 4.77. The molecule has 0 bridgehead atoms. The topological polar surface area (TPSA) is 36.4 Å². The van der Waals surface area contributed by atoms with Crippen LogP contribution in [0.2, 0.25) is 0 Å². The molecule has 16 heavy (non-hydrogen) atoms. The molecule has 2 heterocycles. The number of aliphatic hydroxyl groups is 1. The van der Waals surface area contributed by atoms with Crippen molar-refractivity contribution in [1.29, 1.82) is 0 Å². The van der Waals surface area contributed by atoms with Gasteiger partial charge >= 0.3 is 0 Å². The van der Waals surface area contributed by atoms with Gasteiger partial charge in [-0.2, -0.15) is 0 Å². The third-order valence-electron chi connectivity index (χ3n) is 3.32. The number of hydrogen-bond acceptors (Lipinski definition) is 3. The van der Waals surface area contributed by atoms with Gasteiger partial charge in [-0.25, -0.2) is 4.98 Å². The Morgan fingerprint density at radius 3 is 3.06 bits per heavy atom. The molecular weight excluding hydrogens is 200 g/mol. The lowest BCUT2D eigenvalue weighted by Gasteiger charge is -2.24. The fourth-order valence-corrected chi connectivity index (χ4v) is 2.28. The van der Waals surface area contributed by atoms with Crippen molar-refractivity contribution in [2.45, 2.75) is 38.6 Å². The van der Waals surface area contributed by atoms with Crippen molar-refractivity contribution in [3.05, 3.63) is 23.9 Å². The lowest BCUT2D eigenvalue weighted by molar-refractivity contribution is 0.266. The van der Waals surface area contributed by atoms with E-state index in [2.05, 4.69) is 35.9 Å². The Labute approximate surface area is 97.1 Å². The minimum Gasteiger partial charge on any atom is -0.394 e. The molecule has 0 aromatic carbocycles. The average Bonchev–Trinajstić information content (AvgIpc) is 2.77. The Hall–Kier alpha value is -1.09. The molecule has 2 rings (SSSR count). The fourth-order valence-electron chi connectivity index (χ4n) is 2.28. The Bertz CT molecular complexity index is 352. The summed E-state index contributed by atoms with van der Waals surface area (Å²) in [4.78, 5) is 6.64. The lowest BCUT2D eigenvalue weighted by Crippen LogP contribution is -2.32. The first-order chi connectivity index (χ1) is 7.72.